The fourth-order valence-electron chi connectivity index (χ4n) is 7.30. The zero-order valence-corrected chi connectivity index (χ0v) is 36.6. The third-order valence-electron chi connectivity index (χ3n) is 9.95. The van der Waals surface area contributed by atoms with Crippen molar-refractivity contribution in [1.29, 1.82) is 0 Å². The van der Waals surface area contributed by atoms with E-state index in [-0.39, 0.29) is 54.2 Å². The number of aromatic nitrogens is 1. The Labute approximate surface area is 337 Å². The summed E-state index contributed by atoms with van der Waals surface area (Å²) in [6.45, 7) is 21.4. The fraction of sp³-hybridized carbons (Fsp3) is 0.707. The highest BCUT2D eigenvalue weighted by Crippen LogP contribution is 2.50. The van der Waals surface area contributed by atoms with Crippen LogP contribution in [0.4, 0.5) is 0 Å². The number of piperazine rings is 1. The summed E-state index contributed by atoms with van der Waals surface area (Å²) in [5.74, 6) is -0.195. The van der Waals surface area contributed by atoms with Gasteiger partial charge in [-0.15, -0.1) is 11.3 Å². The molecule has 1 aromatic carbocycles. The first kappa shape index (κ1) is 44.4. The molecule has 0 N–H and O–H groups in total. The van der Waals surface area contributed by atoms with Gasteiger partial charge >= 0.3 is 7.82 Å². The number of phosphoric ester groups is 1. The zero-order chi connectivity index (χ0) is 40.8. The van der Waals surface area contributed by atoms with Crippen LogP contribution < -0.4 is 0 Å². The lowest BCUT2D eigenvalue weighted by Crippen LogP contribution is -2.74. The molecule has 0 aliphatic carbocycles. The topological polar surface area (TPSA) is 131 Å². The molecular weight excluding hydrogens is 754 g/mol. The summed E-state index contributed by atoms with van der Waals surface area (Å²) in [6.07, 6.45) is 4.63. The van der Waals surface area contributed by atoms with Crippen LogP contribution in [0.5, 0.6) is 0 Å². The minimum absolute atomic E-state index is 0.0778. The quantitative estimate of drug-likeness (QED) is 0.0841. The van der Waals surface area contributed by atoms with Crippen molar-refractivity contribution in [2.24, 2.45) is 23.2 Å². The molecule has 3 aliphatic heterocycles. The Kier molecular flexibility index (Phi) is 15.3. The molecule has 0 spiro atoms. The van der Waals surface area contributed by atoms with Crippen LogP contribution in [0.2, 0.25) is 0 Å². The van der Waals surface area contributed by atoms with Gasteiger partial charge in [-0.3, -0.25) is 32.8 Å². The Balaban J connectivity index is 1.28. The molecule has 13 nitrogen and oxygen atoms in total. The van der Waals surface area contributed by atoms with Gasteiger partial charge in [0.15, 0.2) is 12.3 Å². The fourth-order valence-corrected chi connectivity index (χ4v) is 9.71. The number of amides is 3. The van der Waals surface area contributed by atoms with Gasteiger partial charge in [-0.2, -0.15) is 5.06 Å². The monoisotopic (exact) mass is 817 g/mol. The lowest BCUT2D eigenvalue weighted by molar-refractivity contribution is -0.275. The van der Waals surface area contributed by atoms with Gasteiger partial charge in [-0.25, -0.2) is 9.55 Å². The Morgan fingerprint density at radius 2 is 1.68 bits per heavy atom. The number of hydrogen-bond donors (Lipinski definition) is 0. The van der Waals surface area contributed by atoms with Crippen LogP contribution in [0.1, 0.15) is 99.4 Å². The van der Waals surface area contributed by atoms with E-state index in [4.69, 9.17) is 18.4 Å². The van der Waals surface area contributed by atoms with Crippen molar-refractivity contribution in [3.8, 4) is 0 Å². The first-order valence-electron chi connectivity index (χ1n) is 20.3. The average molecular weight is 818 g/mol. The van der Waals surface area contributed by atoms with Gasteiger partial charge in [0.1, 0.15) is 11.0 Å². The van der Waals surface area contributed by atoms with Crippen LogP contribution in [-0.2, 0) is 37.4 Å². The maximum Gasteiger partial charge on any atom is 0.474 e. The number of rotatable bonds is 18. The molecule has 1 aromatic heterocycles. The third-order valence-corrected chi connectivity index (χ3v) is 12.4. The third kappa shape index (κ3) is 11.9. The van der Waals surface area contributed by atoms with Crippen molar-refractivity contribution in [1.82, 2.24) is 24.7 Å². The molecule has 2 aromatic rings. The molecule has 0 bridgehead atoms. The van der Waals surface area contributed by atoms with E-state index >= 15 is 0 Å². The molecule has 56 heavy (non-hydrogen) atoms. The summed E-state index contributed by atoms with van der Waals surface area (Å²) in [7, 11) is -3.65. The molecule has 3 fully saturated rings. The molecule has 15 heteroatoms. The number of fused-ring (bicyclic) bond motifs is 2. The number of likely N-dealkylation sites (tertiary alicyclic amines) is 1. The number of benzene rings is 1. The summed E-state index contributed by atoms with van der Waals surface area (Å²) in [5, 5.41) is 2.04. The molecule has 4 atom stereocenters. The van der Waals surface area contributed by atoms with Crippen molar-refractivity contribution >= 4 is 53.2 Å². The second kappa shape index (κ2) is 19.4. The molecular formula is C41H64N5O8PS. The SMILES string of the molecule is CC(C)COP(=O)(OCCCCN1CC[C@@H](N2C[C@@H]3N(C(=O)/C=C/c4nc5ccccc5s4)O[C@H](CC(C)C)C(=O)N3[C@@H](CC(C)(C)C)C2=O)C1)OCC(C)C. The highest BCUT2D eigenvalue weighted by molar-refractivity contribution is 7.48. The minimum Gasteiger partial charge on any atom is -0.333 e. The number of nitrogens with zero attached hydrogens (tertiary/aromatic N) is 5. The molecule has 3 amide bonds. The van der Waals surface area contributed by atoms with Crippen molar-refractivity contribution in [2.45, 2.75) is 119 Å². The molecule has 0 unspecified atom stereocenters. The number of hydroxylamine groups is 2. The van der Waals surface area contributed by atoms with E-state index < -0.39 is 32.0 Å². The number of para-hydroxylation sites is 1. The number of hydrogen-bond acceptors (Lipinski definition) is 11. The van der Waals surface area contributed by atoms with E-state index in [9.17, 15) is 18.9 Å². The number of carbonyl (C=O) groups is 3. The van der Waals surface area contributed by atoms with E-state index in [1.165, 1.54) is 22.5 Å². The summed E-state index contributed by atoms with van der Waals surface area (Å²) in [4.78, 5) is 59.7. The normalized spacial score (nSPS) is 22.9. The number of thiazole rings is 1. The maximum atomic E-state index is 14.6. The molecule has 4 heterocycles. The van der Waals surface area contributed by atoms with Crippen LogP contribution in [-0.4, -0.2) is 113 Å². The lowest BCUT2D eigenvalue weighted by atomic mass is 9.85. The van der Waals surface area contributed by atoms with Crippen LogP contribution in [0.3, 0.4) is 0 Å². The standard InChI is InChI=1S/C41H64N5O8PS/c1-28(2)22-34-40(49)45-33(23-41(7,8)9)39(48)44(25-37(45)46(54-34)38(47)17-16-36-42-32-14-10-11-15-35(32)56-36)31-18-20-43(24-31)19-12-13-21-51-55(50,52-26-29(3)4)53-27-30(5)6/h10-11,14-17,28-31,33-34,37H,12-13,18-27H2,1-9H3/b17-16+/t31-,33+,34-,37+/m1/s1. The van der Waals surface area contributed by atoms with Gasteiger partial charge in [0.05, 0.1) is 36.6 Å². The Bertz CT molecular complexity index is 1680. The van der Waals surface area contributed by atoms with Gasteiger partial charge in [-0.1, -0.05) is 74.4 Å². The van der Waals surface area contributed by atoms with Crippen LogP contribution in [0.15, 0.2) is 30.3 Å². The summed E-state index contributed by atoms with van der Waals surface area (Å²) >= 11 is 1.49. The number of unbranched alkanes of at least 4 members (excludes halogenated alkanes) is 1. The molecule has 5 rings (SSSR count). The smallest absolute Gasteiger partial charge is 0.333 e. The Hall–Kier alpha value is -2.71. The first-order valence-corrected chi connectivity index (χ1v) is 22.6. The van der Waals surface area contributed by atoms with Crippen molar-refractivity contribution in [3.63, 3.8) is 0 Å². The van der Waals surface area contributed by atoms with Crippen molar-refractivity contribution in [3.05, 3.63) is 35.3 Å². The second-order valence-corrected chi connectivity index (χ2v) is 20.6. The van der Waals surface area contributed by atoms with Crippen LogP contribution in [0.25, 0.3) is 16.3 Å². The van der Waals surface area contributed by atoms with Crippen molar-refractivity contribution in [2.75, 3.05) is 46.0 Å². The van der Waals surface area contributed by atoms with Gasteiger partial charge in [-0.05, 0) is 80.0 Å². The highest BCUT2D eigenvalue weighted by Gasteiger charge is 2.54. The van der Waals surface area contributed by atoms with E-state index in [0.717, 1.165) is 36.1 Å². The minimum atomic E-state index is -3.65. The van der Waals surface area contributed by atoms with E-state index in [0.29, 0.717) is 44.0 Å². The summed E-state index contributed by atoms with van der Waals surface area (Å²) in [5.41, 5.74) is 0.594. The Morgan fingerprint density at radius 3 is 2.32 bits per heavy atom. The van der Waals surface area contributed by atoms with Gasteiger partial charge < -0.3 is 14.7 Å². The predicted octanol–water partition coefficient (Wildman–Crippen LogP) is 7.62. The van der Waals surface area contributed by atoms with Gasteiger partial charge in [0.2, 0.25) is 5.91 Å². The molecule has 0 radical (unpaired) electrons. The predicted molar refractivity (Wildman–Crippen MR) is 219 cm³/mol. The second-order valence-electron chi connectivity index (χ2n) is 17.8. The van der Waals surface area contributed by atoms with E-state index in [1.54, 1.807) is 11.0 Å². The number of carbonyl (C=O) groups excluding carboxylic acids is 3. The summed E-state index contributed by atoms with van der Waals surface area (Å²) < 4.78 is 31.1. The number of phosphoric acid groups is 1. The van der Waals surface area contributed by atoms with Crippen LogP contribution >= 0.6 is 19.2 Å². The zero-order valence-electron chi connectivity index (χ0n) is 34.8. The van der Waals surface area contributed by atoms with Gasteiger partial charge in [0, 0.05) is 25.2 Å². The Morgan fingerprint density at radius 1 is 0.982 bits per heavy atom. The van der Waals surface area contributed by atoms with Gasteiger partial charge in [0.25, 0.3) is 11.8 Å². The van der Waals surface area contributed by atoms with Crippen molar-refractivity contribution < 1.29 is 37.4 Å². The maximum absolute atomic E-state index is 14.6. The lowest BCUT2D eigenvalue weighted by Gasteiger charge is -2.54. The highest BCUT2D eigenvalue weighted by atomic mass is 32.1. The molecule has 0 saturated carbocycles. The largest absolute Gasteiger partial charge is 0.474 e. The van der Waals surface area contributed by atoms with E-state index in [1.807, 2.05) is 70.7 Å². The van der Waals surface area contributed by atoms with E-state index in [2.05, 4.69) is 30.7 Å². The summed E-state index contributed by atoms with van der Waals surface area (Å²) in [6, 6.07) is 7.01. The molecule has 3 aliphatic rings. The van der Waals surface area contributed by atoms with Crippen LogP contribution in [0, 0.1) is 23.2 Å². The molecule has 312 valence electrons. The molecule has 3 saturated heterocycles. The average Bonchev–Trinajstić information content (AvgIpc) is 3.77. The first-order chi connectivity index (χ1) is 26.4.